The van der Waals surface area contributed by atoms with Crippen molar-refractivity contribution in [2.45, 2.75) is 32.0 Å². The van der Waals surface area contributed by atoms with Gasteiger partial charge >= 0.3 is 5.97 Å². The molecule has 0 fully saturated rings. The van der Waals surface area contributed by atoms with Crippen LogP contribution in [0, 0.1) is 13.8 Å². The predicted octanol–water partition coefficient (Wildman–Crippen LogP) is 3.19. The van der Waals surface area contributed by atoms with Crippen LogP contribution in [0.25, 0.3) is 0 Å². The van der Waals surface area contributed by atoms with E-state index in [0.29, 0.717) is 11.3 Å². The first-order valence-electron chi connectivity index (χ1n) is 5.23. The number of alkyl halides is 1. The minimum atomic E-state index is -0.727. The van der Waals surface area contributed by atoms with E-state index in [-0.39, 0.29) is 5.97 Å². The minimum absolute atomic E-state index is 0.359. The third kappa shape index (κ3) is 3.40. The van der Waals surface area contributed by atoms with Crippen molar-refractivity contribution >= 4 is 28.2 Å². The molecule has 4 heteroatoms. The van der Waals surface area contributed by atoms with Gasteiger partial charge in [-0.3, -0.25) is 9.59 Å². The largest absolute Gasteiger partial charge is 0.425 e. The number of hydrogen-bond acceptors (Lipinski definition) is 3. The molecule has 0 spiro atoms. The lowest BCUT2D eigenvalue weighted by Gasteiger charge is -2.17. The topological polar surface area (TPSA) is 43.4 Å². The van der Waals surface area contributed by atoms with Crippen molar-refractivity contribution in [2.24, 2.45) is 0 Å². The summed E-state index contributed by atoms with van der Waals surface area (Å²) < 4.78 is 4.61. The quantitative estimate of drug-likeness (QED) is 0.372. The fourth-order valence-electron chi connectivity index (χ4n) is 1.43. The molecule has 0 unspecified atom stereocenters. The zero-order chi connectivity index (χ0) is 13.2. The lowest BCUT2D eigenvalue weighted by molar-refractivity contribution is -0.136. The van der Waals surface area contributed by atoms with Gasteiger partial charge in [0.2, 0.25) is 0 Å². The zero-order valence-electron chi connectivity index (χ0n) is 10.3. The number of rotatable bonds is 3. The van der Waals surface area contributed by atoms with Crippen LogP contribution in [0.1, 0.15) is 35.3 Å². The second-order valence-electron chi connectivity index (χ2n) is 4.46. The summed E-state index contributed by atoms with van der Waals surface area (Å²) in [6, 6.07) is 3.40. The number of aryl methyl sites for hydroxylation is 2. The summed E-state index contributed by atoms with van der Waals surface area (Å²) in [4.78, 5) is 22.4. The van der Waals surface area contributed by atoms with Gasteiger partial charge in [0.15, 0.2) is 0 Å². The minimum Gasteiger partial charge on any atom is -0.425 e. The molecule has 0 saturated heterocycles. The van der Waals surface area contributed by atoms with Crippen LogP contribution in [0.5, 0.6) is 5.75 Å². The molecule has 0 atom stereocenters. The SMILES string of the molecule is Cc1cc(C=O)cc(C)c1OC(=O)C(C)(C)Br. The van der Waals surface area contributed by atoms with Crippen LogP contribution in [0.4, 0.5) is 0 Å². The number of benzene rings is 1. The standard InChI is InChI=1S/C13H15BrO3/c1-8-5-10(7-15)6-9(2)11(8)17-12(16)13(3,4)14/h5-7H,1-4H3. The first kappa shape index (κ1) is 13.9. The van der Waals surface area contributed by atoms with Crippen LogP contribution < -0.4 is 4.74 Å². The highest BCUT2D eigenvalue weighted by Gasteiger charge is 2.27. The van der Waals surface area contributed by atoms with Crippen LogP contribution in [-0.4, -0.2) is 16.6 Å². The van der Waals surface area contributed by atoms with Gasteiger partial charge in [0, 0.05) is 5.56 Å². The molecule has 1 rings (SSSR count). The average Bonchev–Trinajstić information content (AvgIpc) is 2.21. The maximum absolute atomic E-state index is 11.8. The molecule has 0 radical (unpaired) electrons. The van der Waals surface area contributed by atoms with Crippen molar-refractivity contribution in [1.29, 1.82) is 0 Å². The van der Waals surface area contributed by atoms with Crippen LogP contribution in [0.3, 0.4) is 0 Å². The van der Waals surface area contributed by atoms with E-state index >= 15 is 0 Å². The molecule has 0 saturated carbocycles. The Morgan fingerprint density at radius 3 is 2.12 bits per heavy atom. The molecule has 0 aromatic heterocycles. The Hall–Kier alpha value is -1.16. The smallest absolute Gasteiger partial charge is 0.327 e. The molecule has 0 heterocycles. The molecule has 92 valence electrons. The predicted molar refractivity (Wildman–Crippen MR) is 69.9 cm³/mol. The van der Waals surface area contributed by atoms with Gasteiger partial charge in [-0.25, -0.2) is 0 Å². The van der Waals surface area contributed by atoms with Crippen LogP contribution in [0.2, 0.25) is 0 Å². The molecule has 0 aliphatic heterocycles. The first-order valence-corrected chi connectivity index (χ1v) is 6.02. The summed E-state index contributed by atoms with van der Waals surface area (Å²) in [5.74, 6) is 0.163. The number of halogens is 1. The van der Waals surface area contributed by atoms with E-state index in [9.17, 15) is 9.59 Å². The molecular formula is C13H15BrO3. The molecule has 0 N–H and O–H groups in total. The molecule has 0 aliphatic carbocycles. The third-order valence-electron chi connectivity index (χ3n) is 2.30. The van der Waals surface area contributed by atoms with Gasteiger partial charge in [0.1, 0.15) is 16.4 Å². The van der Waals surface area contributed by atoms with E-state index < -0.39 is 4.32 Å². The van der Waals surface area contributed by atoms with Crippen LogP contribution in [0.15, 0.2) is 12.1 Å². The molecule has 0 bridgehead atoms. The molecule has 3 nitrogen and oxygen atoms in total. The number of carbonyl (C=O) groups is 2. The van der Waals surface area contributed by atoms with E-state index in [4.69, 9.17) is 4.74 Å². The van der Waals surface area contributed by atoms with Crippen molar-refractivity contribution < 1.29 is 14.3 Å². The Bertz CT molecular complexity index is 435. The zero-order valence-corrected chi connectivity index (χ0v) is 11.9. The van der Waals surface area contributed by atoms with Crippen molar-refractivity contribution in [1.82, 2.24) is 0 Å². The number of esters is 1. The normalized spacial score (nSPS) is 11.1. The summed E-state index contributed by atoms with van der Waals surface area (Å²) in [6.07, 6.45) is 0.778. The number of aldehydes is 1. The summed E-state index contributed by atoms with van der Waals surface area (Å²) in [6.45, 7) is 7.06. The molecule has 1 aromatic carbocycles. The van der Waals surface area contributed by atoms with Gasteiger partial charge in [-0.05, 0) is 51.0 Å². The molecular weight excluding hydrogens is 284 g/mol. The fourth-order valence-corrected chi connectivity index (χ4v) is 1.51. The first-order chi connectivity index (χ1) is 7.75. The Morgan fingerprint density at radius 1 is 1.29 bits per heavy atom. The Labute approximate surface area is 109 Å². The number of ether oxygens (including phenoxy) is 1. The maximum Gasteiger partial charge on any atom is 0.327 e. The average molecular weight is 299 g/mol. The third-order valence-corrected chi connectivity index (χ3v) is 2.62. The summed E-state index contributed by atoms with van der Waals surface area (Å²) in [5, 5.41) is 0. The lowest BCUT2D eigenvalue weighted by Crippen LogP contribution is -2.29. The van der Waals surface area contributed by atoms with E-state index in [1.165, 1.54) is 0 Å². The summed E-state index contributed by atoms with van der Waals surface area (Å²) in [7, 11) is 0. The van der Waals surface area contributed by atoms with Gasteiger partial charge in [0.25, 0.3) is 0 Å². The Morgan fingerprint density at radius 2 is 1.76 bits per heavy atom. The highest BCUT2D eigenvalue weighted by atomic mass is 79.9. The second-order valence-corrected chi connectivity index (χ2v) is 6.45. The van der Waals surface area contributed by atoms with E-state index in [2.05, 4.69) is 15.9 Å². The van der Waals surface area contributed by atoms with Crippen molar-refractivity contribution in [3.8, 4) is 5.75 Å². The van der Waals surface area contributed by atoms with Crippen molar-refractivity contribution in [3.05, 3.63) is 28.8 Å². The van der Waals surface area contributed by atoms with Crippen molar-refractivity contribution in [3.63, 3.8) is 0 Å². The highest BCUT2D eigenvalue weighted by Crippen LogP contribution is 2.27. The summed E-state index contributed by atoms with van der Waals surface area (Å²) in [5.41, 5.74) is 2.13. The van der Waals surface area contributed by atoms with Crippen LogP contribution in [-0.2, 0) is 4.79 Å². The van der Waals surface area contributed by atoms with Gasteiger partial charge in [-0.15, -0.1) is 0 Å². The van der Waals surface area contributed by atoms with Crippen molar-refractivity contribution in [2.75, 3.05) is 0 Å². The van der Waals surface area contributed by atoms with Gasteiger partial charge < -0.3 is 4.74 Å². The highest BCUT2D eigenvalue weighted by molar-refractivity contribution is 9.10. The molecule has 1 aromatic rings. The van der Waals surface area contributed by atoms with Crippen LogP contribution >= 0.6 is 15.9 Å². The number of carbonyl (C=O) groups excluding carboxylic acids is 2. The van der Waals surface area contributed by atoms with Gasteiger partial charge in [-0.2, -0.15) is 0 Å². The Balaban J connectivity index is 3.08. The molecule has 0 amide bonds. The second kappa shape index (κ2) is 5.00. The van der Waals surface area contributed by atoms with E-state index in [1.54, 1.807) is 26.0 Å². The molecule has 17 heavy (non-hydrogen) atoms. The molecule has 0 aliphatic rings. The maximum atomic E-state index is 11.8. The Kier molecular flexibility index (Phi) is 4.09. The van der Waals surface area contributed by atoms with E-state index in [1.807, 2.05) is 13.8 Å². The lowest BCUT2D eigenvalue weighted by atomic mass is 10.1. The number of hydrogen-bond donors (Lipinski definition) is 0. The monoisotopic (exact) mass is 298 g/mol. The van der Waals surface area contributed by atoms with E-state index in [0.717, 1.165) is 17.4 Å². The fraction of sp³-hybridized carbons (Fsp3) is 0.385. The van der Waals surface area contributed by atoms with Gasteiger partial charge in [-0.1, -0.05) is 15.9 Å². The van der Waals surface area contributed by atoms with Gasteiger partial charge in [0.05, 0.1) is 0 Å². The summed E-state index contributed by atoms with van der Waals surface area (Å²) >= 11 is 3.25.